The fraction of sp³-hybridized carbons (Fsp3) is 0.235. The van der Waals surface area contributed by atoms with Crippen molar-refractivity contribution >= 4 is 16.7 Å². The molecular formula is C17H18O4. The quantitative estimate of drug-likeness (QED) is 0.464. The summed E-state index contributed by atoms with van der Waals surface area (Å²) in [6.07, 6.45) is 0. The first-order chi connectivity index (χ1) is 10.1. The van der Waals surface area contributed by atoms with Crippen molar-refractivity contribution in [3.8, 4) is 11.5 Å². The van der Waals surface area contributed by atoms with Gasteiger partial charge >= 0.3 is 5.97 Å². The van der Waals surface area contributed by atoms with Crippen LogP contribution in [0.25, 0.3) is 10.8 Å². The van der Waals surface area contributed by atoms with E-state index in [9.17, 15) is 4.79 Å². The average Bonchev–Trinajstić information content (AvgIpc) is 2.51. The number of hydrogen-bond acceptors (Lipinski definition) is 4. The van der Waals surface area contributed by atoms with Crippen LogP contribution in [0.4, 0.5) is 0 Å². The number of carbonyl (C=O) groups excluding carboxylic acids is 1. The monoisotopic (exact) mass is 286 g/mol. The largest absolute Gasteiger partial charge is 0.496 e. The molecule has 21 heavy (non-hydrogen) atoms. The summed E-state index contributed by atoms with van der Waals surface area (Å²) in [6, 6.07) is 11.5. The molecule has 0 aliphatic carbocycles. The van der Waals surface area contributed by atoms with E-state index < -0.39 is 5.97 Å². The van der Waals surface area contributed by atoms with E-state index in [4.69, 9.17) is 14.2 Å². The average molecular weight is 286 g/mol. The standard InChI is InChI=1S/C17H18O4/c1-12(2)17(18)21-11-10-20-16-9-8-15(19-3)13-6-4-5-7-14(13)16/h4-9H,1,10-11H2,2-3H3. The number of rotatable bonds is 6. The van der Waals surface area contributed by atoms with Crippen LogP contribution in [-0.4, -0.2) is 26.3 Å². The van der Waals surface area contributed by atoms with Crippen molar-refractivity contribution in [2.45, 2.75) is 6.92 Å². The molecule has 110 valence electrons. The van der Waals surface area contributed by atoms with E-state index >= 15 is 0 Å². The van der Waals surface area contributed by atoms with E-state index in [0.717, 1.165) is 22.3 Å². The predicted molar refractivity (Wildman–Crippen MR) is 81.8 cm³/mol. The number of methoxy groups -OCH3 is 1. The zero-order valence-corrected chi connectivity index (χ0v) is 12.2. The number of ether oxygens (including phenoxy) is 3. The van der Waals surface area contributed by atoms with E-state index in [1.165, 1.54) is 0 Å². The van der Waals surface area contributed by atoms with E-state index in [0.29, 0.717) is 5.57 Å². The number of hydrogen-bond donors (Lipinski definition) is 0. The van der Waals surface area contributed by atoms with Gasteiger partial charge in [0.15, 0.2) is 0 Å². The van der Waals surface area contributed by atoms with Crippen molar-refractivity contribution in [2.75, 3.05) is 20.3 Å². The van der Waals surface area contributed by atoms with Crippen LogP contribution in [0, 0.1) is 0 Å². The first-order valence-electron chi connectivity index (χ1n) is 6.64. The fourth-order valence-electron chi connectivity index (χ4n) is 1.96. The van der Waals surface area contributed by atoms with Gasteiger partial charge in [-0.3, -0.25) is 0 Å². The summed E-state index contributed by atoms with van der Waals surface area (Å²) in [5.74, 6) is 1.13. The second-order valence-corrected chi connectivity index (χ2v) is 4.58. The molecule has 0 bridgehead atoms. The van der Waals surface area contributed by atoms with Gasteiger partial charge in [0.1, 0.15) is 24.7 Å². The predicted octanol–water partition coefficient (Wildman–Crippen LogP) is 3.35. The third kappa shape index (κ3) is 3.54. The Labute approximate surface area is 123 Å². The van der Waals surface area contributed by atoms with Crippen molar-refractivity contribution in [2.24, 2.45) is 0 Å². The van der Waals surface area contributed by atoms with E-state index in [-0.39, 0.29) is 13.2 Å². The second-order valence-electron chi connectivity index (χ2n) is 4.58. The summed E-state index contributed by atoms with van der Waals surface area (Å²) in [7, 11) is 1.64. The molecule has 0 N–H and O–H groups in total. The molecule has 0 fully saturated rings. The van der Waals surface area contributed by atoms with Crippen LogP contribution in [0.15, 0.2) is 48.6 Å². The Kier molecular flexibility index (Phi) is 4.82. The zero-order chi connectivity index (χ0) is 15.2. The first kappa shape index (κ1) is 14.9. The zero-order valence-electron chi connectivity index (χ0n) is 12.2. The molecule has 0 heterocycles. The fourth-order valence-corrected chi connectivity index (χ4v) is 1.96. The Balaban J connectivity index is 2.06. The molecule has 0 aliphatic heterocycles. The lowest BCUT2D eigenvalue weighted by Crippen LogP contribution is -2.12. The summed E-state index contributed by atoms with van der Waals surface area (Å²) >= 11 is 0. The van der Waals surface area contributed by atoms with E-state index in [1.807, 2.05) is 36.4 Å². The van der Waals surface area contributed by atoms with Crippen LogP contribution in [0.5, 0.6) is 11.5 Å². The number of benzene rings is 2. The van der Waals surface area contributed by atoms with Gasteiger partial charge in [-0.25, -0.2) is 4.79 Å². The molecule has 0 saturated carbocycles. The van der Waals surface area contributed by atoms with E-state index in [2.05, 4.69) is 6.58 Å². The molecular weight excluding hydrogens is 268 g/mol. The summed E-state index contributed by atoms with van der Waals surface area (Å²) in [4.78, 5) is 11.3. The van der Waals surface area contributed by atoms with E-state index in [1.54, 1.807) is 14.0 Å². The number of carbonyl (C=O) groups is 1. The lowest BCUT2D eigenvalue weighted by molar-refractivity contribution is -0.139. The number of esters is 1. The summed E-state index contributed by atoms with van der Waals surface area (Å²) in [5, 5.41) is 1.94. The summed E-state index contributed by atoms with van der Waals surface area (Å²) in [5.41, 5.74) is 0.380. The number of fused-ring (bicyclic) bond motifs is 1. The van der Waals surface area contributed by atoms with Gasteiger partial charge < -0.3 is 14.2 Å². The van der Waals surface area contributed by atoms with Gasteiger partial charge in [-0.2, -0.15) is 0 Å². The molecule has 2 aromatic carbocycles. The molecule has 0 aromatic heterocycles. The summed E-state index contributed by atoms with van der Waals surface area (Å²) < 4.78 is 16.0. The van der Waals surface area contributed by atoms with Crippen LogP contribution in [-0.2, 0) is 9.53 Å². The minimum atomic E-state index is -0.404. The second kappa shape index (κ2) is 6.79. The van der Waals surface area contributed by atoms with Gasteiger partial charge in [0.25, 0.3) is 0 Å². The maximum absolute atomic E-state index is 11.3. The molecule has 0 amide bonds. The Morgan fingerprint density at radius 2 is 1.67 bits per heavy atom. The van der Waals surface area contributed by atoms with Crippen molar-refractivity contribution < 1.29 is 19.0 Å². The van der Waals surface area contributed by atoms with Crippen molar-refractivity contribution in [1.82, 2.24) is 0 Å². The minimum Gasteiger partial charge on any atom is -0.496 e. The highest BCUT2D eigenvalue weighted by Gasteiger charge is 2.07. The molecule has 4 heteroatoms. The highest BCUT2D eigenvalue weighted by molar-refractivity contribution is 5.93. The molecule has 2 aromatic rings. The Morgan fingerprint density at radius 1 is 1.05 bits per heavy atom. The third-order valence-corrected chi connectivity index (χ3v) is 2.99. The molecule has 0 aliphatic rings. The minimum absolute atomic E-state index is 0.187. The maximum atomic E-state index is 11.3. The SMILES string of the molecule is C=C(C)C(=O)OCCOc1ccc(OC)c2ccccc12. The molecule has 0 unspecified atom stereocenters. The smallest absolute Gasteiger partial charge is 0.333 e. The van der Waals surface area contributed by atoms with Crippen LogP contribution >= 0.6 is 0 Å². The molecule has 0 radical (unpaired) electrons. The maximum Gasteiger partial charge on any atom is 0.333 e. The van der Waals surface area contributed by atoms with Crippen molar-refractivity contribution in [1.29, 1.82) is 0 Å². The van der Waals surface area contributed by atoms with Gasteiger partial charge in [0.05, 0.1) is 7.11 Å². The highest BCUT2D eigenvalue weighted by Crippen LogP contribution is 2.32. The molecule has 0 atom stereocenters. The van der Waals surface area contributed by atoms with Crippen LogP contribution in [0.1, 0.15) is 6.92 Å². The Bertz CT molecular complexity index is 661. The van der Waals surface area contributed by atoms with Crippen LogP contribution < -0.4 is 9.47 Å². The topological polar surface area (TPSA) is 44.8 Å². The molecule has 0 saturated heterocycles. The Hall–Kier alpha value is -2.49. The first-order valence-corrected chi connectivity index (χ1v) is 6.64. The van der Waals surface area contributed by atoms with Crippen molar-refractivity contribution in [3.05, 3.63) is 48.6 Å². The lowest BCUT2D eigenvalue weighted by Gasteiger charge is -2.12. The van der Waals surface area contributed by atoms with Crippen LogP contribution in [0.2, 0.25) is 0 Å². The third-order valence-electron chi connectivity index (χ3n) is 2.99. The highest BCUT2D eigenvalue weighted by atomic mass is 16.6. The lowest BCUT2D eigenvalue weighted by atomic mass is 10.1. The normalized spacial score (nSPS) is 10.2. The molecule has 0 spiro atoms. The molecule has 2 rings (SSSR count). The van der Waals surface area contributed by atoms with Gasteiger partial charge in [-0.15, -0.1) is 0 Å². The van der Waals surface area contributed by atoms with Crippen LogP contribution in [0.3, 0.4) is 0 Å². The van der Waals surface area contributed by atoms with Gasteiger partial charge in [-0.05, 0) is 19.1 Å². The van der Waals surface area contributed by atoms with Crippen molar-refractivity contribution in [3.63, 3.8) is 0 Å². The molecule has 4 nitrogen and oxygen atoms in total. The van der Waals surface area contributed by atoms with Gasteiger partial charge in [-0.1, -0.05) is 30.8 Å². The summed E-state index contributed by atoms with van der Waals surface area (Å²) in [6.45, 7) is 5.61. The Morgan fingerprint density at radius 3 is 2.29 bits per heavy atom. The van der Waals surface area contributed by atoms with Gasteiger partial charge in [0, 0.05) is 16.3 Å². The van der Waals surface area contributed by atoms with Gasteiger partial charge in [0.2, 0.25) is 0 Å².